The predicted octanol–water partition coefficient (Wildman–Crippen LogP) is 4.97. The zero-order valence-corrected chi connectivity index (χ0v) is 18.4. The van der Waals surface area contributed by atoms with Crippen LogP contribution in [0.4, 0.5) is 0 Å². The number of hydrogen-bond acceptors (Lipinski definition) is 5. The highest BCUT2D eigenvalue weighted by molar-refractivity contribution is 6.33. The van der Waals surface area contributed by atoms with Gasteiger partial charge in [0.15, 0.2) is 11.7 Å². The first-order valence-electron chi connectivity index (χ1n) is 10.4. The maximum atomic E-state index is 12.4. The van der Waals surface area contributed by atoms with Crippen molar-refractivity contribution in [2.24, 2.45) is 0 Å². The number of amides is 1. The van der Waals surface area contributed by atoms with Gasteiger partial charge in [0, 0.05) is 42.5 Å². The Morgan fingerprint density at radius 2 is 2.16 bits per heavy atom. The molecule has 1 unspecified atom stereocenters. The topological polar surface area (TPSA) is 73.6 Å². The minimum atomic E-state index is -0.0882. The van der Waals surface area contributed by atoms with Crippen LogP contribution in [0.5, 0.6) is 11.5 Å². The molecule has 0 bridgehead atoms. The molecule has 31 heavy (non-hydrogen) atoms. The molecule has 3 aromatic rings. The van der Waals surface area contributed by atoms with Crippen molar-refractivity contribution in [3.05, 3.63) is 64.6 Å². The highest BCUT2D eigenvalue weighted by Crippen LogP contribution is 2.35. The first-order valence-corrected chi connectivity index (χ1v) is 10.8. The van der Waals surface area contributed by atoms with Crippen LogP contribution in [0.3, 0.4) is 0 Å². The van der Waals surface area contributed by atoms with Crippen molar-refractivity contribution in [1.29, 1.82) is 0 Å². The van der Waals surface area contributed by atoms with E-state index in [0.29, 0.717) is 36.2 Å². The Morgan fingerprint density at radius 3 is 2.97 bits per heavy atom. The molecule has 162 valence electrons. The minimum absolute atomic E-state index is 0.0882. The maximum Gasteiger partial charge on any atom is 0.220 e. The average Bonchev–Trinajstić information content (AvgIpc) is 3.36. The number of rotatable bonds is 8. The monoisotopic (exact) mass is 440 g/mol. The van der Waals surface area contributed by atoms with Gasteiger partial charge in [0.05, 0.1) is 17.8 Å². The molecule has 1 atom stereocenters. The van der Waals surface area contributed by atoms with Gasteiger partial charge in [-0.25, -0.2) is 4.98 Å². The normalized spacial score (nSPS) is 14.7. The number of fused-ring (bicyclic) bond motifs is 1. The number of oxazole rings is 1. The zero-order valence-electron chi connectivity index (χ0n) is 17.6. The van der Waals surface area contributed by atoms with Gasteiger partial charge in [-0.1, -0.05) is 23.7 Å². The highest BCUT2D eigenvalue weighted by atomic mass is 35.5. The standard InChI is InChI=1S/C24H25ClN2O4/c1-3-29-20-11-16-10-15(2)30-21(16)12-17(20)13-26-23(28)8-9-24-27-14-22(31-24)18-6-4-5-7-19(18)25/h4-7,11-12,14-15H,3,8-10,13H2,1-2H3,(H,26,28). The maximum absolute atomic E-state index is 12.4. The van der Waals surface area contributed by atoms with Crippen LogP contribution in [0.2, 0.25) is 5.02 Å². The molecule has 0 aliphatic carbocycles. The van der Waals surface area contributed by atoms with E-state index in [1.54, 1.807) is 12.3 Å². The molecular weight excluding hydrogens is 416 g/mol. The van der Waals surface area contributed by atoms with Gasteiger partial charge in [0.25, 0.3) is 0 Å². The number of benzene rings is 2. The van der Waals surface area contributed by atoms with Crippen LogP contribution >= 0.6 is 11.6 Å². The number of aryl methyl sites for hydroxylation is 1. The summed E-state index contributed by atoms with van der Waals surface area (Å²) in [5, 5.41) is 3.55. The number of nitrogens with zero attached hydrogens (tertiary/aromatic N) is 1. The largest absolute Gasteiger partial charge is 0.494 e. The summed E-state index contributed by atoms with van der Waals surface area (Å²) in [6, 6.07) is 11.4. The van der Waals surface area contributed by atoms with Crippen LogP contribution in [0.1, 0.15) is 37.3 Å². The van der Waals surface area contributed by atoms with Gasteiger partial charge in [0.1, 0.15) is 17.6 Å². The first kappa shape index (κ1) is 21.2. The SMILES string of the molecule is CCOc1cc2c(cc1CNC(=O)CCc1ncc(-c3ccccc3Cl)o1)OC(C)C2. The van der Waals surface area contributed by atoms with E-state index in [1.165, 1.54) is 0 Å². The lowest BCUT2D eigenvalue weighted by Crippen LogP contribution is -2.23. The van der Waals surface area contributed by atoms with Crippen LogP contribution in [-0.2, 0) is 24.2 Å². The summed E-state index contributed by atoms with van der Waals surface area (Å²) in [6.45, 7) is 4.92. The van der Waals surface area contributed by atoms with Crippen molar-refractivity contribution in [3.63, 3.8) is 0 Å². The highest BCUT2D eigenvalue weighted by Gasteiger charge is 2.22. The summed E-state index contributed by atoms with van der Waals surface area (Å²) in [5.74, 6) is 2.66. The molecule has 2 heterocycles. The molecule has 1 N–H and O–H groups in total. The van der Waals surface area contributed by atoms with Gasteiger partial charge >= 0.3 is 0 Å². The molecule has 6 nitrogen and oxygen atoms in total. The summed E-state index contributed by atoms with van der Waals surface area (Å²) in [7, 11) is 0. The Kier molecular flexibility index (Phi) is 6.47. The van der Waals surface area contributed by atoms with E-state index in [9.17, 15) is 4.79 Å². The van der Waals surface area contributed by atoms with E-state index >= 15 is 0 Å². The lowest BCUT2D eigenvalue weighted by Gasteiger charge is -2.13. The Hall–Kier alpha value is -2.99. The number of nitrogens with one attached hydrogen (secondary N) is 1. The number of hydrogen-bond donors (Lipinski definition) is 1. The second-order valence-corrected chi connectivity index (χ2v) is 7.92. The third-order valence-corrected chi connectivity index (χ3v) is 5.44. The van der Waals surface area contributed by atoms with Gasteiger partial charge < -0.3 is 19.2 Å². The Balaban J connectivity index is 1.34. The second-order valence-electron chi connectivity index (χ2n) is 7.51. The molecule has 2 aromatic carbocycles. The van der Waals surface area contributed by atoms with Crippen LogP contribution in [0.25, 0.3) is 11.3 Å². The molecule has 7 heteroatoms. The van der Waals surface area contributed by atoms with Crippen molar-refractivity contribution < 1.29 is 18.7 Å². The smallest absolute Gasteiger partial charge is 0.220 e. The lowest BCUT2D eigenvalue weighted by molar-refractivity contribution is -0.121. The van der Waals surface area contributed by atoms with Crippen LogP contribution in [0, 0.1) is 0 Å². The molecule has 0 fully saturated rings. The molecule has 1 amide bonds. The predicted molar refractivity (Wildman–Crippen MR) is 119 cm³/mol. The lowest BCUT2D eigenvalue weighted by atomic mass is 10.1. The quantitative estimate of drug-likeness (QED) is 0.535. The Morgan fingerprint density at radius 1 is 1.32 bits per heavy atom. The summed E-state index contributed by atoms with van der Waals surface area (Å²) in [5.41, 5.74) is 2.83. The molecule has 0 saturated carbocycles. The Labute approximate surface area is 186 Å². The average molecular weight is 441 g/mol. The summed E-state index contributed by atoms with van der Waals surface area (Å²) >= 11 is 6.20. The summed E-state index contributed by atoms with van der Waals surface area (Å²) in [4.78, 5) is 16.7. The summed E-state index contributed by atoms with van der Waals surface area (Å²) in [6.07, 6.45) is 3.33. The first-order chi connectivity index (χ1) is 15.0. The van der Waals surface area contributed by atoms with Crippen molar-refractivity contribution in [2.45, 2.75) is 45.8 Å². The third kappa shape index (κ3) is 5.02. The third-order valence-electron chi connectivity index (χ3n) is 5.11. The van der Waals surface area contributed by atoms with E-state index in [4.69, 9.17) is 25.5 Å². The fraction of sp³-hybridized carbons (Fsp3) is 0.333. The van der Waals surface area contributed by atoms with Crippen molar-refractivity contribution in [3.8, 4) is 22.8 Å². The van der Waals surface area contributed by atoms with E-state index in [1.807, 2.05) is 44.2 Å². The van der Waals surface area contributed by atoms with Crippen molar-refractivity contribution >= 4 is 17.5 Å². The molecule has 1 aliphatic rings. The van der Waals surface area contributed by atoms with Crippen molar-refractivity contribution in [1.82, 2.24) is 10.3 Å². The molecule has 1 aliphatic heterocycles. The van der Waals surface area contributed by atoms with Gasteiger partial charge in [-0.15, -0.1) is 0 Å². The van der Waals surface area contributed by atoms with Gasteiger partial charge in [-0.3, -0.25) is 4.79 Å². The summed E-state index contributed by atoms with van der Waals surface area (Å²) < 4.78 is 17.4. The minimum Gasteiger partial charge on any atom is -0.494 e. The number of ether oxygens (including phenoxy) is 2. The molecule has 4 rings (SSSR count). The fourth-order valence-electron chi connectivity index (χ4n) is 3.62. The zero-order chi connectivity index (χ0) is 21.8. The Bertz CT molecular complexity index is 1080. The number of carbonyl (C=O) groups is 1. The van der Waals surface area contributed by atoms with Crippen molar-refractivity contribution in [2.75, 3.05) is 6.61 Å². The number of aromatic nitrogens is 1. The van der Waals surface area contributed by atoms with Crippen LogP contribution < -0.4 is 14.8 Å². The van der Waals surface area contributed by atoms with Gasteiger partial charge in [-0.05, 0) is 38.1 Å². The van der Waals surface area contributed by atoms with E-state index in [2.05, 4.69) is 10.3 Å². The molecular formula is C24H25ClN2O4. The second kappa shape index (κ2) is 9.43. The van der Waals surface area contributed by atoms with Gasteiger partial charge in [0.2, 0.25) is 5.91 Å². The molecule has 1 aromatic heterocycles. The fourth-order valence-corrected chi connectivity index (χ4v) is 3.85. The van der Waals surface area contributed by atoms with E-state index in [-0.39, 0.29) is 18.4 Å². The van der Waals surface area contributed by atoms with Crippen LogP contribution in [0.15, 0.2) is 47.0 Å². The molecule has 0 saturated heterocycles. The van der Waals surface area contributed by atoms with E-state index < -0.39 is 0 Å². The molecule has 0 spiro atoms. The van der Waals surface area contributed by atoms with E-state index in [0.717, 1.165) is 34.6 Å². The van der Waals surface area contributed by atoms with Crippen LogP contribution in [-0.4, -0.2) is 23.6 Å². The van der Waals surface area contributed by atoms with Gasteiger partial charge in [-0.2, -0.15) is 0 Å². The molecule has 0 radical (unpaired) electrons. The number of halogens is 1. The number of carbonyl (C=O) groups excluding carboxylic acids is 1.